The fraction of sp³-hybridized carbons (Fsp3) is 0.500. The second kappa shape index (κ2) is 10.4. The van der Waals surface area contributed by atoms with Gasteiger partial charge < -0.3 is 16.0 Å². The number of nitrogens with zero attached hydrogens (tertiary/aromatic N) is 2. The first-order valence-electron chi connectivity index (χ1n) is 11.3. The van der Waals surface area contributed by atoms with Crippen molar-refractivity contribution in [2.45, 2.75) is 37.8 Å². The molecular formula is C24H32N4O2S. The Bertz CT molecular complexity index is 850. The van der Waals surface area contributed by atoms with Crippen LogP contribution in [-0.2, 0) is 4.79 Å². The summed E-state index contributed by atoms with van der Waals surface area (Å²) in [6, 6.07) is 13.6. The van der Waals surface area contributed by atoms with Crippen LogP contribution in [0.1, 0.15) is 47.0 Å². The number of hydrogen-bond acceptors (Lipinski definition) is 5. The van der Waals surface area contributed by atoms with Gasteiger partial charge in [-0.3, -0.25) is 14.5 Å². The number of hydrogen-bond donors (Lipinski definition) is 2. The third-order valence-corrected chi connectivity index (χ3v) is 7.53. The van der Waals surface area contributed by atoms with E-state index in [2.05, 4.69) is 10.2 Å². The van der Waals surface area contributed by atoms with Gasteiger partial charge in [-0.15, -0.1) is 11.3 Å². The van der Waals surface area contributed by atoms with Crippen molar-refractivity contribution in [3.05, 3.63) is 58.3 Å². The van der Waals surface area contributed by atoms with Gasteiger partial charge >= 0.3 is 0 Å². The first-order chi connectivity index (χ1) is 15.1. The number of thiophene rings is 1. The lowest BCUT2D eigenvalue weighted by Crippen LogP contribution is -2.55. The van der Waals surface area contributed by atoms with Crippen LogP contribution >= 0.6 is 11.3 Å². The van der Waals surface area contributed by atoms with Gasteiger partial charge in [0.05, 0.1) is 4.88 Å². The topological polar surface area (TPSA) is 78.7 Å². The minimum absolute atomic E-state index is 0.156. The van der Waals surface area contributed by atoms with Gasteiger partial charge in [0.15, 0.2) is 0 Å². The molecule has 166 valence electrons. The second-order valence-electron chi connectivity index (χ2n) is 8.57. The summed E-state index contributed by atoms with van der Waals surface area (Å²) >= 11 is 1.51. The molecule has 4 rings (SSSR count). The van der Waals surface area contributed by atoms with E-state index < -0.39 is 6.04 Å². The summed E-state index contributed by atoms with van der Waals surface area (Å²) in [7, 11) is 0. The highest BCUT2D eigenvalue weighted by Gasteiger charge is 2.33. The van der Waals surface area contributed by atoms with Gasteiger partial charge in [0.25, 0.3) is 5.91 Å². The minimum atomic E-state index is -0.455. The fourth-order valence-corrected chi connectivity index (χ4v) is 5.71. The Balaban J connectivity index is 1.34. The molecule has 2 heterocycles. The molecule has 1 saturated heterocycles. The van der Waals surface area contributed by atoms with E-state index in [0.717, 1.165) is 49.6 Å². The van der Waals surface area contributed by atoms with Gasteiger partial charge in [-0.25, -0.2) is 0 Å². The zero-order chi connectivity index (χ0) is 21.6. The number of nitrogens with one attached hydrogen (secondary N) is 1. The molecule has 2 amide bonds. The Morgan fingerprint density at radius 1 is 1.03 bits per heavy atom. The predicted octanol–water partition coefficient (Wildman–Crippen LogP) is 2.88. The Labute approximate surface area is 188 Å². The van der Waals surface area contributed by atoms with Crippen LogP contribution in [-0.4, -0.2) is 60.4 Å². The third kappa shape index (κ3) is 5.34. The van der Waals surface area contributed by atoms with Gasteiger partial charge in [0.1, 0.15) is 6.04 Å². The van der Waals surface area contributed by atoms with Crippen molar-refractivity contribution in [3.8, 4) is 0 Å². The maximum absolute atomic E-state index is 12.6. The number of benzene rings is 1. The Kier molecular flexibility index (Phi) is 7.37. The number of carbonyl (C=O) groups is 2. The largest absolute Gasteiger partial charge is 0.368 e. The van der Waals surface area contributed by atoms with Crippen molar-refractivity contribution >= 4 is 23.2 Å². The van der Waals surface area contributed by atoms with E-state index in [1.165, 1.54) is 30.6 Å². The van der Waals surface area contributed by atoms with E-state index in [1.54, 1.807) is 0 Å². The van der Waals surface area contributed by atoms with Crippen LogP contribution in [0.4, 0.5) is 0 Å². The van der Waals surface area contributed by atoms with E-state index in [-0.39, 0.29) is 11.8 Å². The summed E-state index contributed by atoms with van der Waals surface area (Å²) in [5.74, 6) is 0.307. The van der Waals surface area contributed by atoms with Crippen LogP contribution < -0.4 is 11.1 Å². The molecule has 1 aromatic carbocycles. The Morgan fingerprint density at radius 2 is 1.77 bits per heavy atom. The standard InChI is InChI=1S/C24H32N4O2S/c25-23(29)22(18-7-2-1-3-8-18)26-17-19-9-4-5-10-20(19)27-12-14-28(15-13-27)24(30)21-11-6-16-31-21/h1-3,6-8,11,16,19-20,22,26H,4-5,9-10,12-15,17H2,(H2,25,29)/t19?,20?,22-/m0/s1. The van der Waals surface area contributed by atoms with Crippen molar-refractivity contribution in [2.24, 2.45) is 11.7 Å². The lowest BCUT2D eigenvalue weighted by Gasteiger charge is -2.44. The quantitative estimate of drug-likeness (QED) is 0.694. The molecule has 3 N–H and O–H groups in total. The summed E-state index contributed by atoms with van der Waals surface area (Å²) in [6.07, 6.45) is 4.81. The van der Waals surface area contributed by atoms with Crippen molar-refractivity contribution in [1.29, 1.82) is 0 Å². The summed E-state index contributed by atoms with van der Waals surface area (Å²) in [5, 5.41) is 5.41. The lowest BCUT2D eigenvalue weighted by atomic mass is 9.83. The van der Waals surface area contributed by atoms with Crippen molar-refractivity contribution in [2.75, 3.05) is 32.7 Å². The minimum Gasteiger partial charge on any atom is -0.368 e. The fourth-order valence-electron chi connectivity index (χ4n) is 5.02. The molecule has 1 saturated carbocycles. The van der Waals surface area contributed by atoms with E-state index in [1.807, 2.05) is 52.7 Å². The normalized spacial score (nSPS) is 23.4. The number of primary amides is 1. The highest BCUT2D eigenvalue weighted by Crippen LogP contribution is 2.30. The molecule has 1 aliphatic heterocycles. The van der Waals surface area contributed by atoms with Crippen molar-refractivity contribution < 1.29 is 9.59 Å². The van der Waals surface area contributed by atoms with Gasteiger partial charge in [-0.05, 0) is 35.8 Å². The summed E-state index contributed by atoms with van der Waals surface area (Å²) in [6.45, 7) is 4.16. The molecule has 2 aliphatic rings. The molecule has 0 spiro atoms. The second-order valence-corrected chi connectivity index (χ2v) is 9.52. The molecule has 0 radical (unpaired) electrons. The SMILES string of the molecule is NC(=O)[C@@H](NCC1CCCCC1N1CCN(C(=O)c2cccs2)CC1)c1ccccc1. The molecule has 2 fully saturated rings. The molecular weight excluding hydrogens is 408 g/mol. The molecule has 1 aliphatic carbocycles. The van der Waals surface area contributed by atoms with Gasteiger partial charge in [0.2, 0.25) is 5.91 Å². The first kappa shape index (κ1) is 22.0. The molecule has 7 heteroatoms. The monoisotopic (exact) mass is 440 g/mol. The Morgan fingerprint density at radius 3 is 2.45 bits per heavy atom. The third-order valence-electron chi connectivity index (χ3n) is 6.67. The van der Waals surface area contributed by atoms with E-state index >= 15 is 0 Å². The number of amides is 2. The summed E-state index contributed by atoms with van der Waals surface area (Å²) in [5.41, 5.74) is 6.62. The highest BCUT2D eigenvalue weighted by molar-refractivity contribution is 7.12. The van der Waals surface area contributed by atoms with Crippen LogP contribution in [0, 0.1) is 5.92 Å². The molecule has 2 aromatic rings. The summed E-state index contributed by atoms with van der Waals surface area (Å²) < 4.78 is 0. The molecule has 31 heavy (non-hydrogen) atoms. The number of nitrogens with two attached hydrogens (primary N) is 1. The van der Waals surface area contributed by atoms with E-state index in [9.17, 15) is 9.59 Å². The number of rotatable bonds is 7. The van der Waals surface area contributed by atoms with Gasteiger partial charge in [0, 0.05) is 38.8 Å². The van der Waals surface area contributed by atoms with E-state index in [4.69, 9.17) is 5.73 Å². The maximum Gasteiger partial charge on any atom is 0.264 e. The molecule has 6 nitrogen and oxygen atoms in total. The molecule has 1 aromatic heterocycles. The highest BCUT2D eigenvalue weighted by atomic mass is 32.1. The van der Waals surface area contributed by atoms with Crippen molar-refractivity contribution in [3.63, 3.8) is 0 Å². The average Bonchev–Trinajstić information content (AvgIpc) is 3.35. The molecule has 0 bridgehead atoms. The van der Waals surface area contributed by atoms with Gasteiger partial charge in [-0.2, -0.15) is 0 Å². The first-order valence-corrected chi connectivity index (χ1v) is 12.2. The zero-order valence-electron chi connectivity index (χ0n) is 17.9. The average molecular weight is 441 g/mol. The molecule has 3 atom stereocenters. The van der Waals surface area contributed by atoms with Crippen LogP contribution in [0.2, 0.25) is 0 Å². The van der Waals surface area contributed by atoms with Gasteiger partial charge in [-0.1, -0.05) is 49.2 Å². The predicted molar refractivity (Wildman–Crippen MR) is 124 cm³/mol. The van der Waals surface area contributed by atoms with Crippen LogP contribution in [0.5, 0.6) is 0 Å². The Hall–Kier alpha value is -2.22. The molecule has 2 unspecified atom stereocenters. The number of piperazine rings is 1. The van der Waals surface area contributed by atoms with Crippen LogP contribution in [0.25, 0.3) is 0 Å². The zero-order valence-corrected chi connectivity index (χ0v) is 18.7. The number of carbonyl (C=O) groups excluding carboxylic acids is 2. The maximum atomic E-state index is 12.6. The van der Waals surface area contributed by atoms with Crippen LogP contribution in [0.3, 0.4) is 0 Å². The van der Waals surface area contributed by atoms with E-state index in [0.29, 0.717) is 12.0 Å². The summed E-state index contributed by atoms with van der Waals surface area (Å²) in [4.78, 5) is 30.1. The lowest BCUT2D eigenvalue weighted by molar-refractivity contribution is -0.120. The smallest absolute Gasteiger partial charge is 0.264 e. The van der Waals surface area contributed by atoms with Crippen molar-refractivity contribution in [1.82, 2.24) is 15.1 Å². The van der Waals surface area contributed by atoms with Crippen LogP contribution in [0.15, 0.2) is 47.8 Å².